The van der Waals surface area contributed by atoms with E-state index in [0.717, 1.165) is 6.07 Å². The summed E-state index contributed by atoms with van der Waals surface area (Å²) in [5.74, 6) is -1.63. The lowest BCUT2D eigenvalue weighted by molar-refractivity contribution is 0.0980. The predicted molar refractivity (Wildman–Crippen MR) is 131 cm³/mol. The van der Waals surface area contributed by atoms with Crippen LogP contribution >= 0.6 is 12.9 Å². The van der Waals surface area contributed by atoms with Gasteiger partial charge in [0.1, 0.15) is 4.90 Å². The third-order valence-electron chi connectivity index (χ3n) is 5.39. The Morgan fingerprint density at radius 3 is 2.14 bits per heavy atom. The van der Waals surface area contributed by atoms with E-state index >= 15 is 0 Å². The fraction of sp³-hybridized carbons (Fsp3) is 0.0909. The Morgan fingerprint density at radius 1 is 0.914 bits per heavy atom. The number of nitrogen functional groups attached to an aromatic ring is 1. The normalized spacial score (nSPS) is 13.3. The number of ketones is 2. The number of rotatable bonds is 7. The van der Waals surface area contributed by atoms with Crippen LogP contribution in [0.4, 0.5) is 17.1 Å². The molecule has 10 nitrogen and oxygen atoms in total. The second kappa shape index (κ2) is 9.09. The highest BCUT2D eigenvalue weighted by molar-refractivity contribution is 7.91. The molecule has 3 aromatic carbocycles. The van der Waals surface area contributed by atoms with Gasteiger partial charge in [-0.25, -0.2) is 8.42 Å². The molecule has 0 bridgehead atoms. The molecule has 0 fully saturated rings. The molecule has 1 aliphatic rings. The van der Waals surface area contributed by atoms with Crippen molar-refractivity contribution in [1.82, 2.24) is 0 Å². The first-order chi connectivity index (χ1) is 16.5. The molecule has 0 saturated carbocycles. The van der Waals surface area contributed by atoms with Gasteiger partial charge in [0.15, 0.2) is 21.4 Å². The number of nitrogens with two attached hydrogens (primary N) is 1. The molecule has 0 saturated heterocycles. The van der Waals surface area contributed by atoms with Crippen LogP contribution in [0.5, 0.6) is 0 Å². The molecule has 1 aliphatic carbocycles. The number of sulfone groups is 1. The van der Waals surface area contributed by atoms with Crippen LogP contribution in [0.25, 0.3) is 0 Å². The fourth-order valence-electron chi connectivity index (χ4n) is 3.79. The summed E-state index contributed by atoms with van der Waals surface area (Å²) in [5.41, 5.74) is 4.96. The molecular formula is C22H18N2O8S3. The van der Waals surface area contributed by atoms with Crippen LogP contribution in [0, 0.1) is 0 Å². The van der Waals surface area contributed by atoms with Gasteiger partial charge in [0.05, 0.1) is 39.8 Å². The number of thiol groups is 1. The molecule has 0 aliphatic heterocycles. The number of carbonyl (C=O) groups excluding carboxylic acids is 2. The largest absolute Gasteiger partial charge is 0.397 e. The Hall–Kier alpha value is -3.23. The third kappa shape index (κ3) is 4.56. The first-order valence-electron chi connectivity index (χ1n) is 9.94. The highest BCUT2D eigenvalue weighted by Gasteiger charge is 2.36. The number of fused-ring (bicyclic) bond motifs is 2. The minimum Gasteiger partial charge on any atom is -0.397 e. The summed E-state index contributed by atoms with van der Waals surface area (Å²) in [5, 5.41) is 2.81. The molecule has 13 heteroatoms. The van der Waals surface area contributed by atoms with Gasteiger partial charge in [0, 0.05) is 16.8 Å². The Bertz CT molecular complexity index is 1600. The SMILES string of the molecule is Nc1c(S(=O)(=O)O)cc(Nc2cccc(S(=O)(=O)CCOS)c2)c2c1C(=O)c1ccccc1C2=O. The minimum atomic E-state index is -4.89. The summed E-state index contributed by atoms with van der Waals surface area (Å²) in [6.07, 6.45) is 0. The Morgan fingerprint density at radius 2 is 1.54 bits per heavy atom. The van der Waals surface area contributed by atoms with Crippen LogP contribution in [0.2, 0.25) is 0 Å². The molecule has 0 aromatic heterocycles. The standard InChI is InChI=1S/C22H18N2O8S3/c23-20-17(35(29,30)31)11-16(18-19(20)22(26)15-7-2-1-6-14(15)21(18)25)24-12-4-3-5-13(10-12)34(27,28)9-8-32-33/h1-7,10-11,24,33H,8-9,23H2,(H,29,30,31). The molecule has 182 valence electrons. The Labute approximate surface area is 206 Å². The number of hydrogen-bond acceptors (Lipinski definition) is 10. The maximum absolute atomic E-state index is 13.3. The first-order valence-corrected chi connectivity index (χ1v) is 13.4. The third-order valence-corrected chi connectivity index (χ3v) is 8.15. The Kier molecular flexibility index (Phi) is 6.46. The average Bonchev–Trinajstić information content (AvgIpc) is 2.81. The van der Waals surface area contributed by atoms with Crippen LogP contribution in [-0.4, -0.2) is 45.3 Å². The average molecular weight is 535 g/mol. The van der Waals surface area contributed by atoms with Gasteiger partial charge in [0.2, 0.25) is 0 Å². The molecule has 0 spiro atoms. The lowest BCUT2D eigenvalue weighted by Gasteiger charge is -2.23. The molecule has 4 N–H and O–H groups in total. The van der Waals surface area contributed by atoms with Crippen molar-refractivity contribution in [2.45, 2.75) is 9.79 Å². The van der Waals surface area contributed by atoms with Gasteiger partial charge in [-0.05, 0) is 37.2 Å². The van der Waals surface area contributed by atoms with Crippen molar-refractivity contribution in [3.8, 4) is 0 Å². The van der Waals surface area contributed by atoms with Gasteiger partial charge >= 0.3 is 0 Å². The second-order valence-corrected chi connectivity index (χ2v) is 11.3. The predicted octanol–water partition coefficient (Wildman–Crippen LogP) is 2.67. The zero-order valence-electron chi connectivity index (χ0n) is 17.8. The quantitative estimate of drug-likeness (QED) is 0.120. The van der Waals surface area contributed by atoms with Crippen molar-refractivity contribution in [3.05, 3.63) is 76.9 Å². The molecule has 4 rings (SSSR count). The van der Waals surface area contributed by atoms with Crippen LogP contribution in [0.15, 0.2) is 64.4 Å². The molecule has 3 aromatic rings. The van der Waals surface area contributed by atoms with E-state index < -0.39 is 42.1 Å². The van der Waals surface area contributed by atoms with Gasteiger partial charge in [-0.3, -0.25) is 14.1 Å². The highest BCUT2D eigenvalue weighted by atomic mass is 32.2. The van der Waals surface area contributed by atoms with Crippen molar-refractivity contribution in [2.75, 3.05) is 23.4 Å². The van der Waals surface area contributed by atoms with E-state index in [2.05, 4.69) is 22.4 Å². The van der Waals surface area contributed by atoms with Crippen molar-refractivity contribution in [3.63, 3.8) is 0 Å². The highest BCUT2D eigenvalue weighted by Crippen LogP contribution is 2.40. The number of carbonyl (C=O) groups is 2. The summed E-state index contributed by atoms with van der Waals surface area (Å²) in [6, 6.07) is 12.4. The zero-order chi connectivity index (χ0) is 25.5. The number of hydrogen-bond donors (Lipinski definition) is 4. The minimum absolute atomic E-state index is 0.0367. The maximum Gasteiger partial charge on any atom is 0.296 e. The number of nitrogens with one attached hydrogen (secondary N) is 1. The molecular weight excluding hydrogens is 516 g/mol. The molecule has 0 heterocycles. The van der Waals surface area contributed by atoms with Gasteiger partial charge in [0.25, 0.3) is 10.1 Å². The van der Waals surface area contributed by atoms with Crippen LogP contribution in [0.3, 0.4) is 0 Å². The molecule has 0 unspecified atom stereocenters. The van der Waals surface area contributed by atoms with Crippen LogP contribution in [0.1, 0.15) is 31.8 Å². The van der Waals surface area contributed by atoms with E-state index in [1.54, 1.807) is 12.1 Å². The monoisotopic (exact) mass is 534 g/mol. The summed E-state index contributed by atoms with van der Waals surface area (Å²) in [6.45, 7) is -0.150. The van der Waals surface area contributed by atoms with Gasteiger partial charge in [-0.2, -0.15) is 8.42 Å². The van der Waals surface area contributed by atoms with Crippen molar-refractivity contribution >= 4 is 61.5 Å². The lowest BCUT2D eigenvalue weighted by Crippen LogP contribution is -2.25. The van der Waals surface area contributed by atoms with E-state index in [1.807, 2.05) is 0 Å². The van der Waals surface area contributed by atoms with Crippen molar-refractivity contribution in [1.29, 1.82) is 0 Å². The topological polar surface area (TPSA) is 170 Å². The van der Waals surface area contributed by atoms with E-state index in [9.17, 15) is 31.0 Å². The Balaban J connectivity index is 1.91. The maximum atomic E-state index is 13.3. The van der Waals surface area contributed by atoms with Crippen molar-refractivity contribution < 1.29 is 35.2 Å². The van der Waals surface area contributed by atoms with Gasteiger partial charge in [-0.15, -0.1) is 0 Å². The molecule has 0 amide bonds. The van der Waals surface area contributed by atoms with Gasteiger partial charge in [-0.1, -0.05) is 30.3 Å². The van der Waals surface area contributed by atoms with E-state index in [-0.39, 0.29) is 50.9 Å². The van der Waals surface area contributed by atoms with Crippen molar-refractivity contribution in [2.24, 2.45) is 0 Å². The number of benzene rings is 3. The lowest BCUT2D eigenvalue weighted by atomic mass is 9.82. The van der Waals surface area contributed by atoms with E-state index in [1.165, 1.54) is 36.4 Å². The summed E-state index contributed by atoms with van der Waals surface area (Å²) in [7, 11) is -8.63. The summed E-state index contributed by atoms with van der Waals surface area (Å²) in [4.78, 5) is 25.7. The first kappa shape index (κ1) is 24.9. The number of anilines is 3. The van der Waals surface area contributed by atoms with Gasteiger partial charge < -0.3 is 15.2 Å². The molecule has 0 radical (unpaired) electrons. The van der Waals surface area contributed by atoms with E-state index in [0.29, 0.717) is 0 Å². The van der Waals surface area contributed by atoms with Crippen LogP contribution in [-0.2, 0) is 24.1 Å². The second-order valence-electron chi connectivity index (χ2n) is 7.57. The summed E-state index contributed by atoms with van der Waals surface area (Å²) < 4.78 is 63.3. The van der Waals surface area contributed by atoms with Crippen LogP contribution < -0.4 is 11.1 Å². The molecule has 35 heavy (non-hydrogen) atoms. The molecule has 0 atom stereocenters. The summed E-state index contributed by atoms with van der Waals surface area (Å²) >= 11 is 3.54. The fourth-order valence-corrected chi connectivity index (χ4v) is 5.79. The zero-order valence-corrected chi connectivity index (χ0v) is 20.3. The smallest absolute Gasteiger partial charge is 0.296 e. The van der Waals surface area contributed by atoms with E-state index in [4.69, 9.17) is 5.73 Å².